The van der Waals surface area contributed by atoms with E-state index in [4.69, 9.17) is 9.84 Å². The Morgan fingerprint density at radius 3 is 2.76 bits per heavy atom. The predicted molar refractivity (Wildman–Crippen MR) is 74.6 cm³/mol. The van der Waals surface area contributed by atoms with Crippen LogP contribution in [0.2, 0.25) is 0 Å². The highest BCUT2D eigenvalue weighted by Crippen LogP contribution is 2.18. The van der Waals surface area contributed by atoms with Crippen molar-refractivity contribution in [3.05, 3.63) is 35.4 Å². The standard InChI is InChI=1S/C15H18N2O4/c18-14(17-13-8-21-7-11(13)15(19)20)12-5-9-3-1-2-4-10(9)6-16-12/h1-4,11-13,16H,5-8H2,(H,17,18)(H,19,20). The minimum Gasteiger partial charge on any atom is -0.481 e. The van der Waals surface area contributed by atoms with Crippen LogP contribution in [0.25, 0.3) is 0 Å². The highest BCUT2D eigenvalue weighted by Gasteiger charge is 2.36. The number of aliphatic carboxylic acids is 1. The van der Waals surface area contributed by atoms with Crippen LogP contribution in [0.15, 0.2) is 24.3 Å². The molecule has 2 aliphatic rings. The minimum atomic E-state index is -0.931. The topological polar surface area (TPSA) is 87.7 Å². The summed E-state index contributed by atoms with van der Waals surface area (Å²) in [6, 6.07) is 7.24. The molecule has 2 heterocycles. The van der Waals surface area contributed by atoms with Crippen LogP contribution in [0.1, 0.15) is 11.1 Å². The molecule has 112 valence electrons. The highest BCUT2D eigenvalue weighted by molar-refractivity contribution is 5.83. The van der Waals surface area contributed by atoms with Crippen LogP contribution in [0.5, 0.6) is 0 Å². The molecule has 0 saturated carbocycles. The van der Waals surface area contributed by atoms with Gasteiger partial charge in [-0.25, -0.2) is 0 Å². The molecule has 3 atom stereocenters. The van der Waals surface area contributed by atoms with Gasteiger partial charge in [0.25, 0.3) is 0 Å². The molecule has 1 aromatic rings. The number of hydrogen-bond donors (Lipinski definition) is 3. The van der Waals surface area contributed by atoms with Gasteiger partial charge in [-0.3, -0.25) is 9.59 Å². The van der Waals surface area contributed by atoms with Gasteiger partial charge in [-0.05, 0) is 17.5 Å². The molecule has 1 saturated heterocycles. The van der Waals surface area contributed by atoms with Crippen LogP contribution in [-0.4, -0.2) is 42.3 Å². The van der Waals surface area contributed by atoms with Crippen molar-refractivity contribution in [3.8, 4) is 0 Å². The number of carboxylic acid groups (broad SMARTS) is 1. The van der Waals surface area contributed by atoms with E-state index in [1.165, 1.54) is 5.56 Å². The molecule has 3 rings (SSSR count). The van der Waals surface area contributed by atoms with E-state index < -0.39 is 17.9 Å². The number of fused-ring (bicyclic) bond motifs is 1. The van der Waals surface area contributed by atoms with Crippen LogP contribution in [0, 0.1) is 5.92 Å². The molecule has 21 heavy (non-hydrogen) atoms. The van der Waals surface area contributed by atoms with Gasteiger partial charge in [-0.1, -0.05) is 24.3 Å². The third-order valence-electron chi connectivity index (χ3n) is 4.12. The minimum absolute atomic E-state index is 0.154. The molecule has 1 aromatic carbocycles. The molecule has 0 aliphatic carbocycles. The van der Waals surface area contributed by atoms with Crippen molar-refractivity contribution in [1.29, 1.82) is 0 Å². The highest BCUT2D eigenvalue weighted by atomic mass is 16.5. The second kappa shape index (κ2) is 5.83. The maximum absolute atomic E-state index is 12.3. The molecule has 0 spiro atoms. The fourth-order valence-corrected chi connectivity index (χ4v) is 2.86. The molecule has 0 aromatic heterocycles. The normalized spacial score (nSPS) is 27.9. The molecule has 3 unspecified atom stereocenters. The fraction of sp³-hybridized carbons (Fsp3) is 0.467. The van der Waals surface area contributed by atoms with E-state index in [0.29, 0.717) is 13.0 Å². The molecule has 6 heteroatoms. The Labute approximate surface area is 122 Å². The first-order valence-corrected chi connectivity index (χ1v) is 7.06. The van der Waals surface area contributed by atoms with Crippen LogP contribution >= 0.6 is 0 Å². The van der Waals surface area contributed by atoms with E-state index in [1.54, 1.807) is 0 Å². The first kappa shape index (κ1) is 14.0. The number of carbonyl (C=O) groups excluding carboxylic acids is 1. The summed E-state index contributed by atoms with van der Waals surface area (Å²) in [4.78, 5) is 23.4. The van der Waals surface area contributed by atoms with Crippen LogP contribution in [-0.2, 0) is 27.3 Å². The number of hydrogen-bond acceptors (Lipinski definition) is 4. The average Bonchev–Trinajstić information content (AvgIpc) is 2.95. The number of amides is 1. The summed E-state index contributed by atoms with van der Waals surface area (Å²) in [5.74, 6) is -1.75. The Morgan fingerprint density at radius 1 is 1.24 bits per heavy atom. The van der Waals surface area contributed by atoms with Crippen LogP contribution in [0.3, 0.4) is 0 Å². The number of carbonyl (C=O) groups is 2. The summed E-state index contributed by atoms with van der Waals surface area (Å²) >= 11 is 0. The monoisotopic (exact) mass is 290 g/mol. The number of ether oxygens (including phenoxy) is 1. The second-order valence-electron chi connectivity index (χ2n) is 5.50. The number of nitrogens with one attached hydrogen (secondary N) is 2. The SMILES string of the molecule is O=C(NC1COCC1C(=O)O)C1Cc2ccccc2CN1. The van der Waals surface area contributed by atoms with E-state index >= 15 is 0 Å². The Bertz CT molecular complexity index is 560. The third-order valence-corrected chi connectivity index (χ3v) is 4.12. The predicted octanol–water partition coefficient (Wildman–Crippen LogP) is -0.0833. The number of rotatable bonds is 3. The summed E-state index contributed by atoms with van der Waals surface area (Å²) in [5, 5.41) is 15.1. The first-order chi connectivity index (χ1) is 10.1. The molecular weight excluding hydrogens is 272 g/mol. The Balaban J connectivity index is 1.63. The molecule has 0 bridgehead atoms. The van der Waals surface area contributed by atoms with Gasteiger partial charge < -0.3 is 20.5 Å². The van der Waals surface area contributed by atoms with Crippen molar-refractivity contribution in [2.24, 2.45) is 5.92 Å². The van der Waals surface area contributed by atoms with E-state index in [-0.39, 0.29) is 25.2 Å². The molecular formula is C15H18N2O4. The Hall–Kier alpha value is -1.92. The zero-order valence-corrected chi connectivity index (χ0v) is 11.5. The smallest absolute Gasteiger partial charge is 0.311 e. The van der Waals surface area contributed by atoms with Crippen LogP contribution < -0.4 is 10.6 Å². The molecule has 1 amide bonds. The summed E-state index contributed by atoms with van der Waals surface area (Å²) in [6.07, 6.45) is 0.618. The zero-order valence-electron chi connectivity index (χ0n) is 11.5. The van der Waals surface area contributed by atoms with E-state index in [0.717, 1.165) is 5.56 Å². The van der Waals surface area contributed by atoms with Crippen LogP contribution in [0.4, 0.5) is 0 Å². The lowest BCUT2D eigenvalue weighted by atomic mass is 9.95. The van der Waals surface area contributed by atoms with Crippen molar-refractivity contribution in [3.63, 3.8) is 0 Å². The van der Waals surface area contributed by atoms with Crippen molar-refractivity contribution in [1.82, 2.24) is 10.6 Å². The summed E-state index contributed by atoms with van der Waals surface area (Å²) in [7, 11) is 0. The van der Waals surface area contributed by atoms with Gasteiger partial charge in [0.15, 0.2) is 0 Å². The van der Waals surface area contributed by atoms with Crippen molar-refractivity contribution < 1.29 is 19.4 Å². The summed E-state index contributed by atoms with van der Waals surface area (Å²) in [6.45, 7) is 1.06. The van der Waals surface area contributed by atoms with E-state index in [1.807, 2.05) is 24.3 Å². The van der Waals surface area contributed by atoms with Crippen molar-refractivity contribution in [2.45, 2.75) is 25.0 Å². The Morgan fingerprint density at radius 2 is 2.00 bits per heavy atom. The van der Waals surface area contributed by atoms with E-state index in [2.05, 4.69) is 10.6 Å². The summed E-state index contributed by atoms with van der Waals surface area (Å²) in [5.41, 5.74) is 2.36. The van der Waals surface area contributed by atoms with E-state index in [9.17, 15) is 9.59 Å². The largest absolute Gasteiger partial charge is 0.481 e. The van der Waals surface area contributed by atoms with Gasteiger partial charge >= 0.3 is 5.97 Å². The molecule has 6 nitrogen and oxygen atoms in total. The van der Waals surface area contributed by atoms with Gasteiger partial charge in [0, 0.05) is 6.54 Å². The lowest BCUT2D eigenvalue weighted by Crippen LogP contribution is -2.52. The third kappa shape index (κ3) is 2.91. The number of benzene rings is 1. The van der Waals surface area contributed by atoms with Gasteiger partial charge in [0.1, 0.15) is 5.92 Å². The van der Waals surface area contributed by atoms with Crippen molar-refractivity contribution in [2.75, 3.05) is 13.2 Å². The molecule has 2 aliphatic heterocycles. The maximum Gasteiger partial charge on any atom is 0.311 e. The lowest BCUT2D eigenvalue weighted by molar-refractivity contribution is -0.142. The molecule has 0 radical (unpaired) electrons. The first-order valence-electron chi connectivity index (χ1n) is 7.06. The molecule has 1 fully saturated rings. The fourth-order valence-electron chi connectivity index (χ4n) is 2.86. The zero-order chi connectivity index (χ0) is 14.8. The van der Waals surface area contributed by atoms with Gasteiger partial charge in [-0.2, -0.15) is 0 Å². The Kier molecular flexibility index (Phi) is 3.90. The lowest BCUT2D eigenvalue weighted by Gasteiger charge is -2.27. The summed E-state index contributed by atoms with van der Waals surface area (Å²) < 4.78 is 5.16. The maximum atomic E-state index is 12.3. The van der Waals surface area contributed by atoms with Gasteiger partial charge in [-0.15, -0.1) is 0 Å². The quantitative estimate of drug-likeness (QED) is 0.724. The van der Waals surface area contributed by atoms with Gasteiger partial charge in [0.2, 0.25) is 5.91 Å². The van der Waals surface area contributed by atoms with Crippen molar-refractivity contribution >= 4 is 11.9 Å². The molecule has 3 N–H and O–H groups in total. The number of carboxylic acids is 1. The average molecular weight is 290 g/mol. The second-order valence-corrected chi connectivity index (χ2v) is 5.50. The van der Waals surface area contributed by atoms with Gasteiger partial charge in [0.05, 0.1) is 25.3 Å².